The van der Waals surface area contributed by atoms with Crippen molar-refractivity contribution in [3.63, 3.8) is 0 Å². The SMILES string of the molecule is CCCN1C[C@H]2CC(COc3cc4ncnc(Nc5ccc(Br)c(Cl)c5F)c4cc3OC)C[C@H]2C1.Cl. The fourth-order valence-corrected chi connectivity index (χ4v) is 6.02. The lowest BCUT2D eigenvalue weighted by Gasteiger charge is -2.19. The Morgan fingerprint density at radius 3 is 2.61 bits per heavy atom. The molecule has 3 aromatic rings. The first-order valence-electron chi connectivity index (χ1n) is 12.0. The minimum atomic E-state index is -0.557. The number of likely N-dealkylation sites (tertiary alicyclic amines) is 1. The topological polar surface area (TPSA) is 59.5 Å². The summed E-state index contributed by atoms with van der Waals surface area (Å²) in [6.45, 7) is 6.58. The number of anilines is 2. The number of benzene rings is 2. The molecule has 6 nitrogen and oxygen atoms in total. The Hall–Kier alpha value is -1.87. The number of nitrogens with one attached hydrogen (secondary N) is 1. The summed E-state index contributed by atoms with van der Waals surface area (Å²) in [6, 6.07) is 6.98. The molecule has 2 aliphatic rings. The predicted molar refractivity (Wildman–Crippen MR) is 148 cm³/mol. The zero-order valence-electron chi connectivity index (χ0n) is 20.3. The van der Waals surface area contributed by atoms with Gasteiger partial charge in [-0.1, -0.05) is 18.5 Å². The van der Waals surface area contributed by atoms with Crippen molar-refractivity contribution in [2.75, 3.05) is 38.7 Å². The van der Waals surface area contributed by atoms with Gasteiger partial charge < -0.3 is 19.7 Å². The van der Waals surface area contributed by atoms with Gasteiger partial charge in [0.15, 0.2) is 17.3 Å². The molecule has 3 atom stereocenters. The van der Waals surface area contributed by atoms with E-state index in [1.165, 1.54) is 45.2 Å². The summed E-state index contributed by atoms with van der Waals surface area (Å²) in [5.74, 6) is 3.30. The van der Waals surface area contributed by atoms with Crippen molar-refractivity contribution in [3.05, 3.63) is 45.9 Å². The molecule has 0 radical (unpaired) electrons. The van der Waals surface area contributed by atoms with Crippen molar-refractivity contribution in [1.29, 1.82) is 0 Å². The quantitative estimate of drug-likeness (QED) is 0.279. The van der Waals surface area contributed by atoms with E-state index in [0.717, 1.165) is 11.8 Å². The Morgan fingerprint density at radius 2 is 1.92 bits per heavy atom. The van der Waals surface area contributed by atoms with E-state index in [9.17, 15) is 4.39 Å². The highest BCUT2D eigenvalue weighted by Gasteiger charge is 2.40. The van der Waals surface area contributed by atoms with Gasteiger partial charge in [0.2, 0.25) is 0 Å². The van der Waals surface area contributed by atoms with Crippen LogP contribution in [0.5, 0.6) is 11.5 Å². The molecule has 0 amide bonds. The van der Waals surface area contributed by atoms with Crippen LogP contribution in [0.4, 0.5) is 15.9 Å². The average Bonchev–Trinajstić information content (AvgIpc) is 3.41. The van der Waals surface area contributed by atoms with E-state index in [0.29, 0.717) is 45.2 Å². The van der Waals surface area contributed by atoms with Crippen molar-refractivity contribution in [2.24, 2.45) is 17.8 Å². The monoisotopic (exact) mass is 598 g/mol. The average molecular weight is 600 g/mol. The minimum absolute atomic E-state index is 0. The van der Waals surface area contributed by atoms with E-state index < -0.39 is 5.82 Å². The maximum Gasteiger partial charge on any atom is 0.166 e. The molecule has 1 aliphatic heterocycles. The van der Waals surface area contributed by atoms with Gasteiger partial charge in [-0.3, -0.25) is 0 Å². The summed E-state index contributed by atoms with van der Waals surface area (Å²) in [5, 5.41) is 3.74. The smallest absolute Gasteiger partial charge is 0.166 e. The van der Waals surface area contributed by atoms with Gasteiger partial charge in [-0.05, 0) is 77.7 Å². The third kappa shape index (κ3) is 5.52. The molecule has 1 N–H and O–H groups in total. The van der Waals surface area contributed by atoms with Crippen LogP contribution < -0.4 is 14.8 Å². The van der Waals surface area contributed by atoms with Crippen molar-refractivity contribution >= 4 is 62.3 Å². The van der Waals surface area contributed by atoms with Crippen molar-refractivity contribution < 1.29 is 13.9 Å². The van der Waals surface area contributed by atoms with Gasteiger partial charge in [0.25, 0.3) is 0 Å². The largest absolute Gasteiger partial charge is 0.493 e. The molecule has 0 bridgehead atoms. The Kier molecular flexibility index (Phi) is 8.81. The highest BCUT2D eigenvalue weighted by molar-refractivity contribution is 9.10. The summed E-state index contributed by atoms with van der Waals surface area (Å²) in [7, 11) is 1.61. The Labute approximate surface area is 230 Å². The minimum Gasteiger partial charge on any atom is -0.493 e. The van der Waals surface area contributed by atoms with Gasteiger partial charge >= 0.3 is 0 Å². The highest BCUT2D eigenvalue weighted by atomic mass is 79.9. The number of nitrogens with zero attached hydrogens (tertiary/aromatic N) is 3. The zero-order valence-corrected chi connectivity index (χ0v) is 23.4. The molecule has 1 saturated heterocycles. The van der Waals surface area contributed by atoms with Crippen molar-refractivity contribution in [2.45, 2.75) is 26.2 Å². The number of ether oxygens (including phenoxy) is 2. The molecule has 0 spiro atoms. The van der Waals surface area contributed by atoms with Gasteiger partial charge in [0.05, 0.1) is 29.9 Å². The summed E-state index contributed by atoms with van der Waals surface area (Å²) in [5.41, 5.74) is 0.905. The third-order valence-corrected chi connectivity index (χ3v) is 8.41. The molecule has 10 heteroatoms. The summed E-state index contributed by atoms with van der Waals surface area (Å²) in [6.07, 6.45) is 5.11. The number of methoxy groups -OCH3 is 1. The molecule has 2 heterocycles. The number of halogens is 4. The van der Waals surface area contributed by atoms with Crippen LogP contribution in [0.1, 0.15) is 26.2 Å². The maximum atomic E-state index is 14.6. The number of hydrogen-bond donors (Lipinski definition) is 1. The predicted octanol–water partition coefficient (Wildman–Crippen LogP) is 7.11. The number of aromatic nitrogens is 2. The molecule has 2 fully saturated rings. The molecule has 1 aliphatic carbocycles. The van der Waals surface area contributed by atoms with Crippen LogP contribution in [0, 0.1) is 23.6 Å². The van der Waals surface area contributed by atoms with Crippen LogP contribution in [0.25, 0.3) is 10.9 Å². The van der Waals surface area contributed by atoms with Crippen molar-refractivity contribution in [3.8, 4) is 11.5 Å². The number of fused-ring (bicyclic) bond motifs is 2. The number of hydrogen-bond acceptors (Lipinski definition) is 6. The first-order valence-corrected chi connectivity index (χ1v) is 13.2. The second-order valence-electron chi connectivity index (χ2n) is 9.52. The lowest BCUT2D eigenvalue weighted by Crippen LogP contribution is -2.24. The van der Waals surface area contributed by atoms with E-state index >= 15 is 0 Å². The fraction of sp³-hybridized carbons (Fsp3) is 0.462. The zero-order chi connectivity index (χ0) is 24.5. The van der Waals surface area contributed by atoms with E-state index in [1.807, 2.05) is 12.1 Å². The van der Waals surface area contributed by atoms with Gasteiger partial charge in [-0.25, -0.2) is 14.4 Å². The third-order valence-electron chi connectivity index (χ3n) is 7.15. The molecule has 1 unspecified atom stereocenters. The molecule has 2 aromatic carbocycles. The molecular formula is C26H30BrCl2FN4O2. The molecule has 5 rings (SSSR count). The second-order valence-corrected chi connectivity index (χ2v) is 10.8. The van der Waals surface area contributed by atoms with Gasteiger partial charge in [-0.15, -0.1) is 12.4 Å². The van der Waals surface area contributed by atoms with Gasteiger partial charge in [-0.2, -0.15) is 0 Å². The molecule has 194 valence electrons. The van der Waals surface area contributed by atoms with Crippen molar-refractivity contribution in [1.82, 2.24) is 14.9 Å². The summed E-state index contributed by atoms with van der Waals surface area (Å²) >= 11 is 9.28. The molecular weight excluding hydrogens is 570 g/mol. The normalized spacial score (nSPS) is 21.3. The highest BCUT2D eigenvalue weighted by Crippen LogP contribution is 2.43. The molecule has 1 saturated carbocycles. The molecule has 1 aromatic heterocycles. The van der Waals surface area contributed by atoms with E-state index in [2.05, 4.69) is 43.0 Å². The van der Waals surface area contributed by atoms with Gasteiger partial charge in [0, 0.05) is 29.0 Å². The maximum absolute atomic E-state index is 14.6. The van der Waals surface area contributed by atoms with Crippen LogP contribution in [0.3, 0.4) is 0 Å². The van der Waals surface area contributed by atoms with E-state index in [-0.39, 0.29) is 23.1 Å². The summed E-state index contributed by atoms with van der Waals surface area (Å²) < 4.78 is 27.0. The first kappa shape index (κ1) is 27.2. The van der Waals surface area contributed by atoms with E-state index in [4.69, 9.17) is 21.1 Å². The molecule has 36 heavy (non-hydrogen) atoms. The fourth-order valence-electron chi connectivity index (χ4n) is 5.55. The first-order chi connectivity index (χ1) is 17.0. The standard InChI is InChI=1S/C26H29BrClFN4O2.ClH/c1-3-6-33-11-16-7-15(8-17(16)12-33)13-35-23-10-21-18(9-22(23)34-2)26(31-14-30-21)32-20-5-4-19(27)24(28)25(20)29;/h4-5,9-10,14-17H,3,6-8,11-13H2,1-2H3,(H,30,31,32);1H/t15?,16-,17+;. The van der Waals surface area contributed by atoms with E-state index in [1.54, 1.807) is 19.2 Å². The van der Waals surface area contributed by atoms with Crippen LogP contribution in [0.2, 0.25) is 5.02 Å². The van der Waals surface area contributed by atoms with Crippen LogP contribution in [-0.4, -0.2) is 48.2 Å². The van der Waals surface area contributed by atoms with Crippen LogP contribution in [0.15, 0.2) is 35.1 Å². The Bertz CT molecular complexity index is 1220. The Balaban J connectivity index is 0.00000304. The van der Waals surface area contributed by atoms with Crippen LogP contribution >= 0.6 is 39.9 Å². The van der Waals surface area contributed by atoms with Crippen LogP contribution in [-0.2, 0) is 0 Å². The number of rotatable bonds is 8. The lowest BCUT2D eigenvalue weighted by atomic mass is 10.0. The lowest BCUT2D eigenvalue weighted by molar-refractivity contribution is 0.222. The van der Waals surface area contributed by atoms with Gasteiger partial charge in [0.1, 0.15) is 12.1 Å². The summed E-state index contributed by atoms with van der Waals surface area (Å²) in [4.78, 5) is 11.3. The Morgan fingerprint density at radius 1 is 1.17 bits per heavy atom. The second kappa shape index (κ2) is 11.7.